The average Bonchev–Trinajstić information content (AvgIpc) is 3.75. The highest BCUT2D eigenvalue weighted by Gasteiger charge is 2.19. The minimum absolute atomic E-state index is 0.711. The molecule has 7 heteroatoms. The molecule has 1 aliphatic rings. The molecule has 0 saturated heterocycles. The summed E-state index contributed by atoms with van der Waals surface area (Å²) in [5.41, 5.74) is 8.80. The van der Waals surface area contributed by atoms with Crippen molar-refractivity contribution < 1.29 is 4.42 Å². The first-order valence-corrected chi connectivity index (χ1v) is 13.3. The van der Waals surface area contributed by atoms with Gasteiger partial charge in [-0.1, -0.05) is 37.6 Å². The van der Waals surface area contributed by atoms with Crippen LogP contribution in [0.25, 0.3) is 39.1 Å². The molecule has 0 aliphatic heterocycles. The molecule has 7 nitrogen and oxygen atoms in total. The monoisotopic (exact) mass is 504 g/mol. The fraction of sp³-hybridized carbons (Fsp3) is 0.258. The predicted molar refractivity (Wildman–Crippen MR) is 151 cm³/mol. The van der Waals surface area contributed by atoms with E-state index in [4.69, 9.17) is 9.40 Å². The molecule has 192 valence electrons. The van der Waals surface area contributed by atoms with Crippen molar-refractivity contribution in [3.05, 3.63) is 96.5 Å². The molecule has 0 atom stereocenters. The van der Waals surface area contributed by atoms with Gasteiger partial charge in [-0.3, -0.25) is 10.1 Å². The molecule has 1 aromatic carbocycles. The molecule has 0 unspecified atom stereocenters. The van der Waals surface area contributed by atoms with Crippen LogP contribution in [0.15, 0.2) is 78.4 Å². The number of hydrogen-bond donors (Lipinski definition) is 3. The Kier molecular flexibility index (Phi) is 6.75. The van der Waals surface area contributed by atoms with Gasteiger partial charge in [-0.25, -0.2) is 4.98 Å². The van der Waals surface area contributed by atoms with E-state index in [0.29, 0.717) is 5.82 Å². The van der Waals surface area contributed by atoms with Crippen molar-refractivity contribution in [1.82, 2.24) is 30.5 Å². The van der Waals surface area contributed by atoms with E-state index in [0.717, 1.165) is 69.3 Å². The molecule has 0 radical (unpaired) electrons. The third-order valence-corrected chi connectivity index (χ3v) is 7.41. The van der Waals surface area contributed by atoms with Crippen LogP contribution in [0.4, 0.5) is 0 Å². The Balaban J connectivity index is 1.29. The highest BCUT2D eigenvalue weighted by molar-refractivity contribution is 5.94. The van der Waals surface area contributed by atoms with Gasteiger partial charge in [0.1, 0.15) is 5.69 Å². The maximum Gasteiger partial charge on any atom is 0.159 e. The van der Waals surface area contributed by atoms with Crippen molar-refractivity contribution in [3.63, 3.8) is 0 Å². The van der Waals surface area contributed by atoms with E-state index in [1.165, 1.54) is 31.2 Å². The van der Waals surface area contributed by atoms with Gasteiger partial charge in [0, 0.05) is 46.7 Å². The van der Waals surface area contributed by atoms with Gasteiger partial charge in [0.25, 0.3) is 0 Å². The number of benzene rings is 1. The van der Waals surface area contributed by atoms with E-state index in [2.05, 4.69) is 56.3 Å². The van der Waals surface area contributed by atoms with E-state index >= 15 is 0 Å². The number of hydrogen-bond acceptors (Lipinski definition) is 5. The van der Waals surface area contributed by atoms with Gasteiger partial charge >= 0.3 is 0 Å². The molecule has 3 N–H and O–H groups in total. The van der Waals surface area contributed by atoms with Gasteiger partial charge in [-0.15, -0.1) is 0 Å². The van der Waals surface area contributed by atoms with Crippen LogP contribution in [0.3, 0.4) is 0 Å². The standard InChI is InChI=1S/C31H32N6O/c1-3-6-26(24-11-12-38-19-24)29-20(2)34-31(35-29)30-27-14-23(9-10-28(27)36-37-30)25-13-22(17-33-18-25)16-32-15-21-7-4-5-8-21/h3,6,9-14,17-19,21,32H,1,4-5,7-8,15-16H2,2H3,(H,34,35)(H,36,37)/b26-6-. The molecule has 38 heavy (non-hydrogen) atoms. The van der Waals surface area contributed by atoms with Crippen LogP contribution in [0, 0.1) is 12.8 Å². The van der Waals surface area contributed by atoms with Gasteiger partial charge in [0.15, 0.2) is 5.82 Å². The molecular weight excluding hydrogens is 472 g/mol. The summed E-state index contributed by atoms with van der Waals surface area (Å²) in [7, 11) is 0. The van der Waals surface area contributed by atoms with E-state index in [-0.39, 0.29) is 0 Å². The number of aromatic nitrogens is 5. The van der Waals surface area contributed by atoms with Crippen LogP contribution in [-0.2, 0) is 6.54 Å². The van der Waals surface area contributed by atoms with Crippen molar-refractivity contribution in [1.29, 1.82) is 0 Å². The average molecular weight is 505 g/mol. The van der Waals surface area contributed by atoms with Crippen molar-refractivity contribution in [2.24, 2.45) is 5.92 Å². The minimum Gasteiger partial charge on any atom is -0.472 e. The van der Waals surface area contributed by atoms with Crippen molar-refractivity contribution in [2.45, 2.75) is 39.2 Å². The van der Waals surface area contributed by atoms with Gasteiger partial charge in [0.05, 0.1) is 23.7 Å². The fourth-order valence-corrected chi connectivity index (χ4v) is 5.43. The fourth-order valence-electron chi connectivity index (χ4n) is 5.43. The maximum absolute atomic E-state index is 5.31. The van der Waals surface area contributed by atoms with Crippen molar-refractivity contribution in [2.75, 3.05) is 6.54 Å². The molecule has 1 saturated carbocycles. The Hall–Kier alpha value is -4.23. The molecule has 1 aliphatic carbocycles. The first-order chi connectivity index (χ1) is 18.7. The van der Waals surface area contributed by atoms with Gasteiger partial charge in [-0.2, -0.15) is 5.10 Å². The lowest BCUT2D eigenvalue weighted by Crippen LogP contribution is -2.20. The van der Waals surface area contributed by atoms with Crippen molar-refractivity contribution in [3.8, 4) is 22.6 Å². The number of pyridine rings is 1. The van der Waals surface area contributed by atoms with Gasteiger partial charge < -0.3 is 14.7 Å². The topological polar surface area (TPSA) is 95.4 Å². The van der Waals surface area contributed by atoms with E-state index in [1.54, 1.807) is 18.6 Å². The summed E-state index contributed by atoms with van der Waals surface area (Å²) in [4.78, 5) is 12.9. The molecule has 6 rings (SSSR count). The zero-order valence-electron chi connectivity index (χ0n) is 21.6. The number of furan rings is 1. The Morgan fingerprint density at radius 1 is 1.16 bits per heavy atom. The second kappa shape index (κ2) is 10.6. The van der Waals surface area contributed by atoms with Crippen LogP contribution < -0.4 is 5.32 Å². The maximum atomic E-state index is 5.31. The van der Waals surface area contributed by atoms with E-state index in [1.807, 2.05) is 31.5 Å². The minimum atomic E-state index is 0.711. The van der Waals surface area contributed by atoms with E-state index < -0.39 is 0 Å². The quantitative estimate of drug-likeness (QED) is 0.192. The number of aromatic amines is 2. The first-order valence-electron chi connectivity index (χ1n) is 13.3. The van der Waals surface area contributed by atoms with Gasteiger partial charge in [-0.05, 0) is 67.6 Å². The summed E-state index contributed by atoms with van der Waals surface area (Å²) in [6, 6.07) is 10.5. The first kappa shape index (κ1) is 24.1. The molecule has 1 fully saturated rings. The molecular formula is C31H32N6O. The number of nitrogens with one attached hydrogen (secondary N) is 3. The number of nitrogens with zero attached hydrogens (tertiary/aromatic N) is 3. The summed E-state index contributed by atoms with van der Waals surface area (Å²) >= 11 is 0. The lowest BCUT2D eigenvalue weighted by molar-refractivity contribution is 0.489. The summed E-state index contributed by atoms with van der Waals surface area (Å²) in [6.45, 7) is 7.81. The molecule has 4 heterocycles. The Morgan fingerprint density at radius 2 is 2.05 bits per heavy atom. The smallest absolute Gasteiger partial charge is 0.159 e. The second-order valence-electron chi connectivity index (χ2n) is 10.1. The lowest BCUT2D eigenvalue weighted by atomic mass is 10.0. The molecule has 0 spiro atoms. The SMILES string of the molecule is C=C/C=C(/c1ccoc1)c1nc(-c2n[nH]c3ccc(-c4cncc(CNCC5CCCC5)c4)cc23)[nH]c1C. The second-order valence-corrected chi connectivity index (χ2v) is 10.1. The Bertz CT molecular complexity index is 1580. The van der Waals surface area contributed by atoms with E-state index in [9.17, 15) is 0 Å². The number of fused-ring (bicyclic) bond motifs is 1. The van der Waals surface area contributed by atoms with Crippen LogP contribution in [-0.4, -0.2) is 31.7 Å². The van der Waals surface area contributed by atoms with Crippen LogP contribution in [0.5, 0.6) is 0 Å². The number of aryl methyl sites for hydroxylation is 1. The molecule has 0 bridgehead atoms. The third kappa shape index (κ3) is 4.85. The van der Waals surface area contributed by atoms with Crippen LogP contribution in [0.1, 0.15) is 48.2 Å². The lowest BCUT2D eigenvalue weighted by Gasteiger charge is -2.11. The summed E-state index contributed by atoms with van der Waals surface area (Å²) in [5, 5.41) is 12.4. The summed E-state index contributed by atoms with van der Waals surface area (Å²) in [6.07, 6.45) is 16.4. The zero-order chi connectivity index (χ0) is 25.9. The zero-order valence-corrected chi connectivity index (χ0v) is 21.6. The highest BCUT2D eigenvalue weighted by Crippen LogP contribution is 2.32. The molecule has 0 amide bonds. The third-order valence-electron chi connectivity index (χ3n) is 7.41. The highest BCUT2D eigenvalue weighted by atomic mass is 16.3. The number of H-pyrrole nitrogens is 2. The summed E-state index contributed by atoms with van der Waals surface area (Å²) < 4.78 is 5.31. The van der Waals surface area contributed by atoms with Crippen molar-refractivity contribution >= 4 is 16.5 Å². The largest absolute Gasteiger partial charge is 0.472 e. The van der Waals surface area contributed by atoms with Crippen LogP contribution in [0.2, 0.25) is 0 Å². The summed E-state index contributed by atoms with van der Waals surface area (Å²) in [5.74, 6) is 1.53. The number of imidazole rings is 1. The Labute approximate surface area is 222 Å². The number of rotatable bonds is 9. The number of allylic oxidation sites excluding steroid dienone is 2. The Morgan fingerprint density at radius 3 is 2.87 bits per heavy atom. The van der Waals surface area contributed by atoms with Crippen LogP contribution >= 0.6 is 0 Å². The molecule has 5 aromatic rings. The predicted octanol–water partition coefficient (Wildman–Crippen LogP) is 6.81. The molecule has 4 aromatic heterocycles. The normalized spacial score (nSPS) is 14.5. The van der Waals surface area contributed by atoms with Gasteiger partial charge in [0.2, 0.25) is 0 Å².